The van der Waals surface area contributed by atoms with Crippen LogP contribution < -0.4 is 11.2 Å². The Bertz CT molecular complexity index is 646. The van der Waals surface area contributed by atoms with Crippen LogP contribution in [0.5, 0.6) is 0 Å². The summed E-state index contributed by atoms with van der Waals surface area (Å²) < 4.78 is 1.46. The number of hydrogen-bond donors (Lipinski definition) is 1. The highest BCUT2D eigenvalue weighted by Crippen LogP contribution is 2.70. The fraction of sp³-hybridized carbons (Fsp3) is 0.714. The molecule has 1 aromatic heterocycles. The normalized spacial score (nSPS) is 38.5. The van der Waals surface area contributed by atoms with Crippen molar-refractivity contribution in [3.63, 3.8) is 0 Å². The molecule has 4 rings (SSSR count). The third kappa shape index (κ3) is 1.41. The molecule has 2 bridgehead atoms. The Kier molecular flexibility index (Phi) is 2.32. The molecule has 3 aliphatic rings. The minimum atomic E-state index is -0.328. The second-order valence-electron chi connectivity index (χ2n) is 6.23. The molecule has 0 aromatic carbocycles. The smallest absolute Gasteiger partial charge is 0.297 e. The van der Waals surface area contributed by atoms with Crippen molar-refractivity contribution in [3.8, 4) is 0 Å². The van der Waals surface area contributed by atoms with Gasteiger partial charge in [-0.1, -0.05) is 18.5 Å². The summed E-state index contributed by atoms with van der Waals surface area (Å²) in [6.07, 6.45) is 4.43. The fourth-order valence-corrected chi connectivity index (χ4v) is 5.06. The number of halogens is 1. The van der Waals surface area contributed by atoms with E-state index >= 15 is 0 Å². The van der Waals surface area contributed by atoms with Crippen molar-refractivity contribution in [2.75, 3.05) is 0 Å². The van der Waals surface area contributed by atoms with Crippen LogP contribution in [0.1, 0.15) is 37.8 Å². The second kappa shape index (κ2) is 3.75. The largest absolute Gasteiger partial charge is 0.329 e. The van der Waals surface area contributed by atoms with Gasteiger partial charge in [0, 0.05) is 6.04 Å². The van der Waals surface area contributed by atoms with Gasteiger partial charge < -0.3 is 0 Å². The van der Waals surface area contributed by atoms with Crippen LogP contribution in [-0.4, -0.2) is 9.55 Å². The lowest BCUT2D eigenvalue weighted by atomic mass is 10.0. The van der Waals surface area contributed by atoms with Crippen molar-refractivity contribution in [1.29, 1.82) is 0 Å². The average Bonchev–Trinajstić information content (AvgIpc) is 2.79. The highest BCUT2D eigenvalue weighted by molar-refractivity contribution is 6.30. The molecule has 3 saturated carbocycles. The molecule has 102 valence electrons. The maximum absolute atomic E-state index is 12.4. The van der Waals surface area contributed by atoms with Crippen LogP contribution in [0.3, 0.4) is 0 Å². The number of nitrogens with zero attached hydrogens (tertiary/aromatic N) is 1. The van der Waals surface area contributed by atoms with Gasteiger partial charge >= 0.3 is 5.69 Å². The van der Waals surface area contributed by atoms with Crippen LogP contribution in [0.4, 0.5) is 0 Å². The van der Waals surface area contributed by atoms with E-state index in [-0.39, 0.29) is 22.4 Å². The number of aromatic amines is 1. The standard InChI is InChI=1S/C14H17ClN2O2/c1-2-8-12(15)16-14(19)17(13(8)18)11-9-6-3-4-7(5-6)10(9)11/h6-7,9-11H,2-5H2,1H3,(H,16,19). The summed E-state index contributed by atoms with van der Waals surface area (Å²) in [5.74, 6) is 2.63. The molecule has 0 spiro atoms. The van der Waals surface area contributed by atoms with Gasteiger partial charge in [0.25, 0.3) is 5.56 Å². The zero-order chi connectivity index (χ0) is 13.3. The molecule has 4 unspecified atom stereocenters. The number of hydrogen-bond acceptors (Lipinski definition) is 2. The summed E-state index contributed by atoms with van der Waals surface area (Å²) in [6, 6.07) is 0.144. The summed E-state index contributed by atoms with van der Waals surface area (Å²) >= 11 is 5.95. The van der Waals surface area contributed by atoms with E-state index in [2.05, 4.69) is 4.98 Å². The zero-order valence-corrected chi connectivity index (χ0v) is 11.6. The van der Waals surface area contributed by atoms with Crippen molar-refractivity contribution < 1.29 is 0 Å². The van der Waals surface area contributed by atoms with Gasteiger partial charge in [-0.15, -0.1) is 0 Å². The Balaban J connectivity index is 1.82. The number of nitrogens with one attached hydrogen (secondary N) is 1. The summed E-state index contributed by atoms with van der Waals surface area (Å²) in [6.45, 7) is 1.89. The molecule has 3 fully saturated rings. The molecular weight excluding hydrogens is 264 g/mol. The van der Waals surface area contributed by atoms with Crippen molar-refractivity contribution in [2.45, 2.75) is 38.6 Å². The Morgan fingerprint density at radius 2 is 1.89 bits per heavy atom. The molecule has 0 aliphatic heterocycles. The minimum Gasteiger partial charge on any atom is -0.297 e. The summed E-state index contributed by atoms with van der Waals surface area (Å²) in [5, 5.41) is 0.211. The molecular formula is C14H17ClN2O2. The summed E-state index contributed by atoms with van der Waals surface area (Å²) in [5.41, 5.74) is 0.0413. The van der Waals surface area contributed by atoms with Crippen LogP contribution in [0.2, 0.25) is 5.15 Å². The zero-order valence-electron chi connectivity index (χ0n) is 10.9. The van der Waals surface area contributed by atoms with E-state index < -0.39 is 0 Å². The van der Waals surface area contributed by atoms with E-state index in [0.29, 0.717) is 23.8 Å². The Hall–Kier alpha value is -1.03. The average molecular weight is 281 g/mol. The van der Waals surface area contributed by atoms with Gasteiger partial charge in [-0.05, 0) is 49.4 Å². The summed E-state index contributed by atoms with van der Waals surface area (Å²) in [7, 11) is 0. The van der Waals surface area contributed by atoms with Gasteiger partial charge in [-0.3, -0.25) is 14.3 Å². The third-order valence-corrected chi connectivity index (χ3v) is 5.85. The SMILES string of the molecule is CCc1c(Cl)[nH]c(=O)n(C2C3C4CCC(C4)C32)c1=O. The van der Waals surface area contributed by atoms with E-state index in [1.165, 1.54) is 23.8 Å². The van der Waals surface area contributed by atoms with Gasteiger partial charge in [0.05, 0.1) is 5.56 Å². The molecule has 0 radical (unpaired) electrons. The molecule has 19 heavy (non-hydrogen) atoms. The van der Waals surface area contributed by atoms with Crippen molar-refractivity contribution in [2.24, 2.45) is 23.7 Å². The molecule has 1 N–H and O–H groups in total. The maximum atomic E-state index is 12.4. The van der Waals surface area contributed by atoms with Crippen LogP contribution in [0, 0.1) is 23.7 Å². The van der Waals surface area contributed by atoms with Crippen molar-refractivity contribution in [3.05, 3.63) is 31.6 Å². The van der Waals surface area contributed by atoms with Gasteiger partial charge in [0.1, 0.15) is 5.15 Å². The number of H-pyrrole nitrogens is 1. The topological polar surface area (TPSA) is 54.9 Å². The van der Waals surface area contributed by atoms with Gasteiger partial charge in [-0.25, -0.2) is 4.79 Å². The minimum absolute atomic E-state index is 0.144. The lowest BCUT2D eigenvalue weighted by molar-refractivity contribution is 0.435. The van der Waals surface area contributed by atoms with E-state index in [9.17, 15) is 9.59 Å². The van der Waals surface area contributed by atoms with E-state index in [0.717, 1.165) is 11.8 Å². The highest BCUT2D eigenvalue weighted by atomic mass is 35.5. The highest BCUT2D eigenvalue weighted by Gasteiger charge is 2.66. The number of rotatable bonds is 2. The molecule has 3 aliphatic carbocycles. The quantitative estimate of drug-likeness (QED) is 0.842. The molecule has 0 amide bonds. The van der Waals surface area contributed by atoms with Crippen LogP contribution in [0.15, 0.2) is 9.59 Å². The van der Waals surface area contributed by atoms with Gasteiger partial charge in [0.15, 0.2) is 0 Å². The van der Waals surface area contributed by atoms with Gasteiger partial charge in [-0.2, -0.15) is 0 Å². The maximum Gasteiger partial charge on any atom is 0.329 e. The van der Waals surface area contributed by atoms with Crippen LogP contribution >= 0.6 is 11.6 Å². The second-order valence-corrected chi connectivity index (χ2v) is 6.61. The Morgan fingerprint density at radius 3 is 2.47 bits per heavy atom. The monoisotopic (exact) mass is 280 g/mol. The summed E-state index contributed by atoms with van der Waals surface area (Å²) in [4.78, 5) is 27.2. The first-order valence-corrected chi connectivity index (χ1v) is 7.54. The fourth-order valence-electron chi connectivity index (χ4n) is 4.76. The first-order chi connectivity index (χ1) is 9.13. The number of fused-ring (bicyclic) bond motifs is 5. The van der Waals surface area contributed by atoms with Crippen LogP contribution in [0.25, 0.3) is 0 Å². The first kappa shape index (κ1) is 11.8. The Morgan fingerprint density at radius 1 is 1.26 bits per heavy atom. The predicted molar refractivity (Wildman–Crippen MR) is 72.6 cm³/mol. The molecule has 4 atom stereocenters. The molecule has 1 aromatic rings. The van der Waals surface area contributed by atoms with E-state index in [1.807, 2.05) is 6.92 Å². The van der Waals surface area contributed by atoms with Crippen molar-refractivity contribution in [1.82, 2.24) is 9.55 Å². The molecule has 4 nitrogen and oxygen atoms in total. The third-order valence-electron chi connectivity index (χ3n) is 5.52. The van der Waals surface area contributed by atoms with E-state index in [4.69, 9.17) is 11.6 Å². The van der Waals surface area contributed by atoms with E-state index in [1.54, 1.807) is 0 Å². The first-order valence-electron chi connectivity index (χ1n) is 7.16. The number of aromatic nitrogens is 2. The van der Waals surface area contributed by atoms with Gasteiger partial charge in [0.2, 0.25) is 0 Å². The lowest BCUT2D eigenvalue weighted by Crippen LogP contribution is -2.38. The lowest BCUT2D eigenvalue weighted by Gasteiger charge is -2.12. The molecule has 0 saturated heterocycles. The molecule has 1 heterocycles. The van der Waals surface area contributed by atoms with Crippen molar-refractivity contribution >= 4 is 11.6 Å². The Labute approximate surface area is 115 Å². The van der Waals surface area contributed by atoms with Crippen LogP contribution in [-0.2, 0) is 6.42 Å². The molecule has 5 heteroatoms. The predicted octanol–water partition coefficient (Wildman–Crippen LogP) is 1.97.